The quantitative estimate of drug-likeness (QED) is 0.790. The fraction of sp³-hybridized carbons (Fsp3) is 0.500. The molecule has 6 heteroatoms. The van der Waals surface area contributed by atoms with E-state index in [1.54, 1.807) is 0 Å². The lowest BCUT2D eigenvalue weighted by Gasteiger charge is -2.30. The summed E-state index contributed by atoms with van der Waals surface area (Å²) in [6.07, 6.45) is 8.21. The van der Waals surface area contributed by atoms with E-state index in [4.69, 9.17) is 4.52 Å². The van der Waals surface area contributed by atoms with E-state index < -0.39 is 0 Å². The largest absolute Gasteiger partial charge is 0.361 e. The highest BCUT2D eigenvalue weighted by Crippen LogP contribution is 2.25. The van der Waals surface area contributed by atoms with Gasteiger partial charge in [-0.1, -0.05) is 18.5 Å². The molecule has 1 fully saturated rings. The van der Waals surface area contributed by atoms with Gasteiger partial charge in [-0.2, -0.15) is 0 Å². The van der Waals surface area contributed by atoms with Crippen molar-refractivity contribution in [3.63, 3.8) is 0 Å². The fourth-order valence-electron chi connectivity index (χ4n) is 2.67. The van der Waals surface area contributed by atoms with Gasteiger partial charge < -0.3 is 9.42 Å². The first-order chi connectivity index (χ1) is 11.6. The molecule has 1 aliphatic rings. The standard InChI is InChI=1S/C18H23N3O2S/c1-4-5-7-15-14(13(3)23-20-15)8-9-16-19-12(2)17(24-16)18(22)21-10-6-11-21/h8-9H,4-7,10-11H2,1-3H3/b9-8+. The number of likely N-dealkylation sites (tertiary alicyclic amines) is 1. The second kappa shape index (κ2) is 7.30. The molecule has 1 amide bonds. The zero-order valence-corrected chi connectivity index (χ0v) is 15.3. The maximum atomic E-state index is 12.4. The van der Waals surface area contributed by atoms with Crippen molar-refractivity contribution in [3.05, 3.63) is 32.6 Å². The topological polar surface area (TPSA) is 59.2 Å². The number of hydrogen-bond donors (Lipinski definition) is 0. The minimum Gasteiger partial charge on any atom is -0.361 e. The van der Waals surface area contributed by atoms with Crippen molar-refractivity contribution in [2.45, 2.75) is 46.5 Å². The summed E-state index contributed by atoms with van der Waals surface area (Å²) in [5, 5.41) is 5.00. The highest BCUT2D eigenvalue weighted by atomic mass is 32.1. The summed E-state index contributed by atoms with van der Waals surface area (Å²) in [5.41, 5.74) is 2.84. The van der Waals surface area contributed by atoms with Crippen LogP contribution in [0, 0.1) is 13.8 Å². The van der Waals surface area contributed by atoms with Crippen molar-refractivity contribution < 1.29 is 9.32 Å². The van der Waals surface area contributed by atoms with Gasteiger partial charge >= 0.3 is 0 Å². The Hall–Kier alpha value is -1.95. The molecule has 0 spiro atoms. The monoisotopic (exact) mass is 345 g/mol. The maximum absolute atomic E-state index is 12.4. The van der Waals surface area contributed by atoms with Crippen molar-refractivity contribution in [1.29, 1.82) is 0 Å². The number of aryl methyl sites for hydroxylation is 3. The van der Waals surface area contributed by atoms with Crippen LogP contribution in [-0.2, 0) is 6.42 Å². The van der Waals surface area contributed by atoms with Gasteiger partial charge in [0.15, 0.2) is 0 Å². The first-order valence-electron chi connectivity index (χ1n) is 8.50. The van der Waals surface area contributed by atoms with E-state index in [0.29, 0.717) is 0 Å². The fourth-order valence-corrected chi connectivity index (χ4v) is 3.61. The summed E-state index contributed by atoms with van der Waals surface area (Å²) >= 11 is 1.46. The van der Waals surface area contributed by atoms with Crippen LogP contribution in [0.15, 0.2) is 4.52 Å². The smallest absolute Gasteiger partial charge is 0.265 e. The molecule has 1 saturated heterocycles. The Labute approximate surface area is 146 Å². The summed E-state index contributed by atoms with van der Waals surface area (Å²) in [4.78, 5) is 19.5. The summed E-state index contributed by atoms with van der Waals surface area (Å²) < 4.78 is 5.32. The Kier molecular flexibility index (Phi) is 5.14. The molecule has 3 heterocycles. The molecule has 0 aliphatic carbocycles. The van der Waals surface area contributed by atoms with Gasteiger partial charge in [-0.25, -0.2) is 4.98 Å². The molecule has 0 aromatic carbocycles. The van der Waals surface area contributed by atoms with Crippen LogP contribution in [0.2, 0.25) is 0 Å². The summed E-state index contributed by atoms with van der Waals surface area (Å²) in [7, 11) is 0. The van der Waals surface area contributed by atoms with Gasteiger partial charge in [-0.15, -0.1) is 11.3 Å². The Morgan fingerprint density at radius 2 is 2.12 bits per heavy atom. The molecule has 0 atom stereocenters. The normalized spacial score (nSPS) is 14.4. The van der Waals surface area contributed by atoms with Gasteiger partial charge in [0.1, 0.15) is 15.6 Å². The number of unbranched alkanes of at least 4 members (excludes halogenated alkanes) is 1. The lowest BCUT2D eigenvalue weighted by atomic mass is 10.1. The molecule has 0 saturated carbocycles. The Morgan fingerprint density at radius 1 is 1.33 bits per heavy atom. The minimum atomic E-state index is 0.112. The number of carbonyl (C=O) groups is 1. The van der Waals surface area contributed by atoms with Crippen molar-refractivity contribution >= 4 is 29.4 Å². The number of amides is 1. The van der Waals surface area contributed by atoms with Crippen LogP contribution in [-0.4, -0.2) is 34.0 Å². The average molecular weight is 345 g/mol. The highest BCUT2D eigenvalue weighted by Gasteiger charge is 2.25. The van der Waals surface area contributed by atoms with E-state index >= 15 is 0 Å². The third-order valence-corrected chi connectivity index (χ3v) is 5.40. The number of thiazole rings is 1. The summed E-state index contributed by atoms with van der Waals surface area (Å²) in [6.45, 7) is 7.72. The van der Waals surface area contributed by atoms with Crippen LogP contribution in [0.25, 0.3) is 12.2 Å². The van der Waals surface area contributed by atoms with E-state index in [1.165, 1.54) is 11.3 Å². The van der Waals surface area contributed by atoms with Gasteiger partial charge in [0, 0.05) is 18.7 Å². The first kappa shape index (κ1) is 16.9. The Morgan fingerprint density at radius 3 is 2.79 bits per heavy atom. The minimum absolute atomic E-state index is 0.112. The molecule has 1 aliphatic heterocycles. The molecular weight excluding hydrogens is 322 g/mol. The Balaban J connectivity index is 1.78. The predicted molar refractivity (Wildman–Crippen MR) is 96.2 cm³/mol. The molecule has 0 bridgehead atoms. The number of nitrogens with zero attached hydrogens (tertiary/aromatic N) is 3. The van der Waals surface area contributed by atoms with Crippen LogP contribution in [0.4, 0.5) is 0 Å². The van der Waals surface area contributed by atoms with Crippen molar-refractivity contribution in [2.24, 2.45) is 0 Å². The molecule has 0 radical (unpaired) electrons. The van der Waals surface area contributed by atoms with Crippen molar-refractivity contribution in [1.82, 2.24) is 15.0 Å². The van der Waals surface area contributed by atoms with Crippen molar-refractivity contribution in [3.8, 4) is 0 Å². The lowest BCUT2D eigenvalue weighted by Crippen LogP contribution is -2.41. The molecule has 24 heavy (non-hydrogen) atoms. The third kappa shape index (κ3) is 3.43. The SMILES string of the molecule is CCCCc1noc(C)c1/C=C/c1nc(C)c(C(=O)N2CCC2)s1. The number of rotatable bonds is 6. The summed E-state index contributed by atoms with van der Waals surface area (Å²) in [6, 6.07) is 0. The van der Waals surface area contributed by atoms with E-state index in [2.05, 4.69) is 17.1 Å². The zero-order valence-electron chi connectivity index (χ0n) is 14.5. The molecule has 0 unspecified atom stereocenters. The molecule has 3 rings (SSSR count). The van der Waals surface area contributed by atoms with Crippen LogP contribution >= 0.6 is 11.3 Å². The zero-order chi connectivity index (χ0) is 17.1. The van der Waals surface area contributed by atoms with Crippen LogP contribution in [0.5, 0.6) is 0 Å². The van der Waals surface area contributed by atoms with Crippen molar-refractivity contribution in [2.75, 3.05) is 13.1 Å². The molecule has 128 valence electrons. The van der Waals surface area contributed by atoms with E-state index in [9.17, 15) is 4.79 Å². The number of aromatic nitrogens is 2. The van der Waals surface area contributed by atoms with Gasteiger partial charge in [-0.05, 0) is 45.3 Å². The number of carbonyl (C=O) groups excluding carboxylic acids is 1. The second-order valence-electron chi connectivity index (χ2n) is 6.15. The molecule has 5 nitrogen and oxygen atoms in total. The highest BCUT2D eigenvalue weighted by molar-refractivity contribution is 7.14. The second-order valence-corrected chi connectivity index (χ2v) is 7.18. The van der Waals surface area contributed by atoms with Crippen LogP contribution in [0.1, 0.15) is 63.6 Å². The van der Waals surface area contributed by atoms with Crippen LogP contribution in [0.3, 0.4) is 0 Å². The summed E-state index contributed by atoms with van der Waals surface area (Å²) in [5.74, 6) is 0.934. The van der Waals surface area contributed by atoms with Gasteiger partial charge in [0.25, 0.3) is 5.91 Å². The third-order valence-electron chi connectivity index (χ3n) is 4.29. The van der Waals surface area contributed by atoms with E-state index in [1.807, 2.05) is 30.9 Å². The lowest BCUT2D eigenvalue weighted by molar-refractivity contribution is 0.0656. The number of hydrogen-bond acceptors (Lipinski definition) is 5. The molecular formula is C18H23N3O2S. The van der Waals surface area contributed by atoms with Gasteiger partial charge in [-0.3, -0.25) is 4.79 Å². The van der Waals surface area contributed by atoms with Gasteiger partial charge in [0.05, 0.1) is 11.4 Å². The maximum Gasteiger partial charge on any atom is 0.265 e. The van der Waals surface area contributed by atoms with Crippen LogP contribution < -0.4 is 0 Å². The molecule has 2 aromatic heterocycles. The van der Waals surface area contributed by atoms with E-state index in [0.717, 1.165) is 71.4 Å². The average Bonchev–Trinajstić information content (AvgIpc) is 3.04. The molecule has 0 N–H and O–H groups in total. The van der Waals surface area contributed by atoms with Gasteiger partial charge in [0.2, 0.25) is 0 Å². The first-order valence-corrected chi connectivity index (χ1v) is 9.31. The Bertz CT molecular complexity index is 756. The van der Waals surface area contributed by atoms with E-state index in [-0.39, 0.29) is 5.91 Å². The predicted octanol–water partition coefficient (Wildman–Crippen LogP) is 4.11. The molecule has 2 aromatic rings.